The van der Waals surface area contributed by atoms with Gasteiger partial charge in [-0.25, -0.2) is 4.79 Å². The summed E-state index contributed by atoms with van der Waals surface area (Å²) in [6, 6.07) is 5.15. The van der Waals surface area contributed by atoms with E-state index in [2.05, 4.69) is 10.3 Å². The molecule has 27 heavy (non-hydrogen) atoms. The van der Waals surface area contributed by atoms with Crippen LogP contribution < -0.4 is 5.32 Å². The number of Topliss-reactive ketones (excluding diaryl/α,β-unsaturated/α-hetero) is 1. The molecule has 0 radical (unpaired) electrons. The average Bonchev–Trinajstić information content (AvgIpc) is 2.89. The number of rotatable bonds is 7. The molecule has 6 nitrogen and oxygen atoms in total. The third-order valence-electron chi connectivity index (χ3n) is 4.06. The van der Waals surface area contributed by atoms with Crippen molar-refractivity contribution in [1.29, 1.82) is 0 Å². The highest BCUT2D eigenvalue weighted by Gasteiger charge is 2.21. The van der Waals surface area contributed by atoms with Crippen molar-refractivity contribution in [3.05, 3.63) is 56.3 Å². The number of hydrogen-bond acceptors (Lipinski definition) is 4. The van der Waals surface area contributed by atoms with Gasteiger partial charge in [0.2, 0.25) is 0 Å². The summed E-state index contributed by atoms with van der Waals surface area (Å²) in [4.78, 5) is 38.5. The Balaban J connectivity index is 1.84. The summed E-state index contributed by atoms with van der Waals surface area (Å²) in [6.45, 7) is 4.72. The van der Waals surface area contributed by atoms with Crippen LogP contribution in [0.5, 0.6) is 0 Å². The molecule has 0 atom stereocenters. The number of halogens is 2. The van der Waals surface area contributed by atoms with Crippen LogP contribution in [0.3, 0.4) is 0 Å². The minimum Gasteiger partial charge on any atom is -0.451 e. The molecule has 2 aromatic rings. The van der Waals surface area contributed by atoms with E-state index in [1.54, 1.807) is 32.0 Å². The van der Waals surface area contributed by atoms with Gasteiger partial charge in [0.1, 0.15) is 5.69 Å². The van der Waals surface area contributed by atoms with Crippen molar-refractivity contribution in [1.82, 2.24) is 10.3 Å². The van der Waals surface area contributed by atoms with Gasteiger partial charge in [-0.1, -0.05) is 29.3 Å². The topological polar surface area (TPSA) is 88.3 Å². The van der Waals surface area contributed by atoms with E-state index < -0.39 is 18.5 Å². The van der Waals surface area contributed by atoms with E-state index in [-0.39, 0.29) is 11.5 Å². The van der Waals surface area contributed by atoms with Crippen LogP contribution in [0.15, 0.2) is 18.2 Å². The summed E-state index contributed by atoms with van der Waals surface area (Å²) >= 11 is 11.9. The fourth-order valence-electron chi connectivity index (χ4n) is 2.80. The number of benzene rings is 1. The van der Waals surface area contributed by atoms with Gasteiger partial charge >= 0.3 is 5.97 Å². The van der Waals surface area contributed by atoms with Gasteiger partial charge in [-0.3, -0.25) is 9.59 Å². The van der Waals surface area contributed by atoms with E-state index in [1.165, 1.54) is 6.92 Å². The smallest absolute Gasteiger partial charge is 0.355 e. The fourth-order valence-corrected chi connectivity index (χ4v) is 3.30. The molecule has 0 saturated carbocycles. The number of ketones is 1. The van der Waals surface area contributed by atoms with Crippen LogP contribution in [-0.4, -0.2) is 35.8 Å². The summed E-state index contributed by atoms with van der Waals surface area (Å²) in [5.41, 5.74) is 2.61. The molecule has 0 saturated heterocycles. The third-order valence-corrected chi connectivity index (χ3v) is 4.65. The third kappa shape index (κ3) is 5.34. The van der Waals surface area contributed by atoms with E-state index in [1.807, 2.05) is 0 Å². The number of carbonyl (C=O) groups is 3. The van der Waals surface area contributed by atoms with E-state index in [0.29, 0.717) is 39.8 Å². The summed E-state index contributed by atoms with van der Waals surface area (Å²) in [6.07, 6.45) is 0.520. The Kier molecular flexibility index (Phi) is 7.05. The van der Waals surface area contributed by atoms with Crippen LogP contribution in [0.2, 0.25) is 10.0 Å². The predicted octanol–water partition coefficient (Wildman–Crippen LogP) is 3.66. The lowest BCUT2D eigenvalue weighted by Gasteiger charge is -2.08. The number of nitrogens with one attached hydrogen (secondary N) is 2. The molecule has 0 aliphatic heterocycles. The second-order valence-electron chi connectivity index (χ2n) is 6.09. The number of carbonyl (C=O) groups excluding carboxylic acids is 3. The molecule has 0 aliphatic carbocycles. The Bertz CT molecular complexity index is 890. The maximum Gasteiger partial charge on any atom is 0.355 e. The monoisotopic (exact) mass is 410 g/mol. The SMILES string of the molecule is CC(=O)c1c(C)[nH]c(C(=O)OCC(=O)NCCc2ccc(Cl)cc2Cl)c1C. The molecule has 0 unspecified atom stereocenters. The highest BCUT2D eigenvalue weighted by Crippen LogP contribution is 2.21. The molecule has 0 bridgehead atoms. The lowest BCUT2D eigenvalue weighted by atomic mass is 10.1. The highest BCUT2D eigenvalue weighted by atomic mass is 35.5. The van der Waals surface area contributed by atoms with Crippen LogP contribution >= 0.6 is 23.2 Å². The molecular formula is C19H20Cl2N2O4. The van der Waals surface area contributed by atoms with Crippen LogP contribution in [0, 0.1) is 13.8 Å². The maximum atomic E-state index is 12.2. The number of aromatic nitrogens is 1. The molecule has 1 amide bonds. The number of amides is 1. The molecule has 0 aliphatic rings. The number of H-pyrrole nitrogens is 1. The molecule has 0 fully saturated rings. The highest BCUT2D eigenvalue weighted by molar-refractivity contribution is 6.35. The first-order chi connectivity index (χ1) is 12.7. The zero-order valence-electron chi connectivity index (χ0n) is 15.2. The molecule has 0 spiro atoms. The molecule has 1 aromatic heterocycles. The second kappa shape index (κ2) is 9.06. The van der Waals surface area contributed by atoms with E-state index in [4.69, 9.17) is 27.9 Å². The minimum absolute atomic E-state index is 0.140. The van der Waals surface area contributed by atoms with Gasteiger partial charge in [-0.05, 0) is 50.5 Å². The fraction of sp³-hybridized carbons (Fsp3) is 0.316. The average molecular weight is 411 g/mol. The predicted molar refractivity (Wildman–Crippen MR) is 104 cm³/mol. The zero-order chi connectivity index (χ0) is 20.1. The molecule has 8 heteroatoms. The van der Waals surface area contributed by atoms with Crippen molar-refractivity contribution in [2.75, 3.05) is 13.2 Å². The normalized spacial score (nSPS) is 10.6. The van der Waals surface area contributed by atoms with Gasteiger partial charge in [-0.2, -0.15) is 0 Å². The van der Waals surface area contributed by atoms with E-state index in [9.17, 15) is 14.4 Å². The standard InChI is InChI=1S/C19H20Cl2N2O4/c1-10-17(12(3)24)11(2)23-18(10)19(26)27-9-16(25)22-7-6-13-4-5-14(20)8-15(13)21/h4-5,8,23H,6-7,9H2,1-3H3,(H,22,25). The number of esters is 1. The van der Waals surface area contributed by atoms with Crippen LogP contribution in [0.25, 0.3) is 0 Å². The number of aromatic amines is 1. The van der Waals surface area contributed by atoms with Gasteiger partial charge in [0, 0.05) is 27.8 Å². The minimum atomic E-state index is -0.681. The second-order valence-corrected chi connectivity index (χ2v) is 6.94. The van der Waals surface area contributed by atoms with Crippen LogP contribution in [-0.2, 0) is 16.0 Å². The summed E-state index contributed by atoms with van der Waals surface area (Å²) < 4.78 is 5.02. The van der Waals surface area contributed by atoms with Crippen molar-refractivity contribution < 1.29 is 19.1 Å². The molecule has 1 aromatic carbocycles. The van der Waals surface area contributed by atoms with Crippen molar-refractivity contribution in [3.63, 3.8) is 0 Å². The lowest BCUT2D eigenvalue weighted by molar-refractivity contribution is -0.124. The Morgan fingerprint density at radius 2 is 1.89 bits per heavy atom. The number of aryl methyl sites for hydroxylation is 1. The van der Waals surface area contributed by atoms with Gasteiger partial charge in [0.25, 0.3) is 5.91 Å². The Labute approximate surface area is 167 Å². The lowest BCUT2D eigenvalue weighted by Crippen LogP contribution is -2.30. The summed E-state index contributed by atoms with van der Waals surface area (Å²) in [7, 11) is 0. The van der Waals surface area contributed by atoms with E-state index >= 15 is 0 Å². The molecule has 144 valence electrons. The number of ether oxygens (including phenoxy) is 1. The van der Waals surface area contributed by atoms with Crippen LogP contribution in [0.4, 0.5) is 0 Å². The van der Waals surface area contributed by atoms with Gasteiger partial charge < -0.3 is 15.0 Å². The Morgan fingerprint density at radius 1 is 1.19 bits per heavy atom. The summed E-state index contributed by atoms with van der Waals surface area (Å²) in [5.74, 6) is -1.25. The summed E-state index contributed by atoms with van der Waals surface area (Å²) in [5, 5.41) is 3.73. The Hall–Kier alpha value is -2.31. The Morgan fingerprint density at radius 3 is 2.48 bits per heavy atom. The van der Waals surface area contributed by atoms with Crippen molar-refractivity contribution in [2.45, 2.75) is 27.2 Å². The van der Waals surface area contributed by atoms with Crippen molar-refractivity contribution in [2.24, 2.45) is 0 Å². The van der Waals surface area contributed by atoms with Crippen molar-refractivity contribution in [3.8, 4) is 0 Å². The first-order valence-corrected chi connectivity index (χ1v) is 9.04. The van der Waals surface area contributed by atoms with Gasteiger partial charge in [-0.15, -0.1) is 0 Å². The first-order valence-electron chi connectivity index (χ1n) is 8.28. The molecule has 2 rings (SSSR count). The van der Waals surface area contributed by atoms with Gasteiger partial charge in [0.05, 0.1) is 0 Å². The van der Waals surface area contributed by atoms with Crippen molar-refractivity contribution >= 4 is 40.9 Å². The molecule has 1 heterocycles. The van der Waals surface area contributed by atoms with E-state index in [0.717, 1.165) is 5.56 Å². The number of hydrogen-bond donors (Lipinski definition) is 2. The quantitative estimate of drug-likeness (QED) is 0.538. The van der Waals surface area contributed by atoms with Crippen LogP contribution in [0.1, 0.15) is 44.6 Å². The molecular weight excluding hydrogens is 391 g/mol. The largest absolute Gasteiger partial charge is 0.451 e. The first kappa shape index (κ1) is 21.0. The maximum absolute atomic E-state index is 12.2. The van der Waals surface area contributed by atoms with Gasteiger partial charge in [0.15, 0.2) is 12.4 Å². The molecule has 2 N–H and O–H groups in total. The zero-order valence-corrected chi connectivity index (χ0v) is 16.8.